The summed E-state index contributed by atoms with van der Waals surface area (Å²) in [6.45, 7) is 5.40. The number of anilines is 1. The van der Waals surface area contributed by atoms with Gasteiger partial charge >= 0.3 is 6.09 Å². The maximum Gasteiger partial charge on any atom is 0.414 e. The van der Waals surface area contributed by atoms with Crippen molar-refractivity contribution in [3.63, 3.8) is 0 Å². The van der Waals surface area contributed by atoms with E-state index >= 15 is 0 Å². The summed E-state index contributed by atoms with van der Waals surface area (Å²) < 4.78 is 13.2. The number of rotatable bonds is 9. The molecule has 1 atom stereocenters. The first kappa shape index (κ1) is 23.4. The van der Waals surface area contributed by atoms with Crippen LogP contribution in [0.5, 0.6) is 5.75 Å². The zero-order valence-corrected chi connectivity index (χ0v) is 20.3. The molecule has 3 aliphatic rings. The fourth-order valence-electron chi connectivity index (χ4n) is 5.56. The van der Waals surface area contributed by atoms with Gasteiger partial charge in [-0.05, 0) is 36.2 Å². The number of para-hydroxylation sites is 2. The van der Waals surface area contributed by atoms with Gasteiger partial charge in [-0.25, -0.2) is 4.79 Å². The highest BCUT2D eigenvalue weighted by Crippen LogP contribution is 2.36. The van der Waals surface area contributed by atoms with Crippen LogP contribution in [0.25, 0.3) is 0 Å². The summed E-state index contributed by atoms with van der Waals surface area (Å²) in [6, 6.07) is 30.2. The Labute approximate surface area is 208 Å². The standard InChI is InChI=1S/C30H35N2O3/c33-30(31(27-12-6-2-7-13-27)19-16-25-10-4-1-5-11-25)35-29-24-32(20-17-26(29)18-21-32)22-23-34-28-14-8-3-9-15-28/h1-15,26,29H,16-24H2/q+1/t26?,29-,32?/m0/s1. The molecule has 0 radical (unpaired) electrons. The van der Waals surface area contributed by atoms with Gasteiger partial charge in [0.05, 0.1) is 13.1 Å². The molecule has 0 aromatic heterocycles. The van der Waals surface area contributed by atoms with Crippen LogP contribution in [0.15, 0.2) is 91.0 Å². The number of piperidine rings is 3. The second-order valence-electron chi connectivity index (χ2n) is 9.84. The molecule has 3 saturated heterocycles. The fourth-order valence-corrected chi connectivity index (χ4v) is 5.56. The molecule has 0 spiro atoms. The van der Waals surface area contributed by atoms with Gasteiger partial charge in [0, 0.05) is 31.0 Å². The van der Waals surface area contributed by atoms with E-state index < -0.39 is 0 Å². The third-order valence-electron chi connectivity index (χ3n) is 7.63. The van der Waals surface area contributed by atoms with Gasteiger partial charge in [0.1, 0.15) is 25.4 Å². The number of ether oxygens (including phenoxy) is 2. The predicted molar refractivity (Wildman–Crippen MR) is 139 cm³/mol. The van der Waals surface area contributed by atoms with E-state index in [9.17, 15) is 4.79 Å². The van der Waals surface area contributed by atoms with E-state index in [1.54, 1.807) is 4.90 Å². The number of carbonyl (C=O) groups is 1. The molecule has 2 bridgehead atoms. The molecule has 1 amide bonds. The van der Waals surface area contributed by atoms with Gasteiger partial charge in [0.25, 0.3) is 0 Å². The molecule has 5 nitrogen and oxygen atoms in total. The van der Waals surface area contributed by atoms with E-state index in [0.717, 1.165) is 61.4 Å². The molecule has 6 rings (SSSR count). The molecule has 0 unspecified atom stereocenters. The molecular weight excluding hydrogens is 436 g/mol. The number of quaternary nitrogens is 1. The highest BCUT2D eigenvalue weighted by atomic mass is 16.6. The lowest BCUT2D eigenvalue weighted by Crippen LogP contribution is -2.65. The van der Waals surface area contributed by atoms with E-state index in [1.165, 1.54) is 5.56 Å². The van der Waals surface area contributed by atoms with Gasteiger partial charge in [0.2, 0.25) is 0 Å². The predicted octanol–water partition coefficient (Wildman–Crippen LogP) is 5.56. The summed E-state index contributed by atoms with van der Waals surface area (Å²) in [6.07, 6.45) is 2.74. The first-order chi connectivity index (χ1) is 17.2. The van der Waals surface area contributed by atoms with Crippen LogP contribution in [0.3, 0.4) is 0 Å². The highest BCUT2D eigenvalue weighted by Gasteiger charge is 2.47. The van der Waals surface area contributed by atoms with E-state index in [2.05, 4.69) is 12.1 Å². The van der Waals surface area contributed by atoms with Gasteiger partial charge in [-0.15, -0.1) is 0 Å². The monoisotopic (exact) mass is 471 g/mol. The van der Waals surface area contributed by atoms with Gasteiger partial charge in [-0.3, -0.25) is 4.90 Å². The van der Waals surface area contributed by atoms with E-state index in [4.69, 9.17) is 9.47 Å². The van der Waals surface area contributed by atoms with Crippen LogP contribution < -0.4 is 9.64 Å². The van der Waals surface area contributed by atoms with E-state index in [0.29, 0.717) is 19.1 Å². The van der Waals surface area contributed by atoms with Crippen LogP contribution in [0, 0.1) is 5.92 Å². The summed E-state index contributed by atoms with van der Waals surface area (Å²) in [5.74, 6) is 1.37. The Morgan fingerprint density at radius 2 is 1.49 bits per heavy atom. The minimum absolute atomic E-state index is 0.0373. The summed E-state index contributed by atoms with van der Waals surface area (Å²) >= 11 is 0. The van der Waals surface area contributed by atoms with E-state index in [1.807, 2.05) is 78.9 Å². The Hall–Kier alpha value is -3.31. The zero-order chi connectivity index (χ0) is 23.9. The lowest BCUT2D eigenvalue weighted by atomic mass is 9.83. The smallest absolute Gasteiger partial charge is 0.414 e. The molecule has 0 saturated carbocycles. The molecule has 182 valence electrons. The summed E-state index contributed by atoms with van der Waals surface area (Å²) in [4.78, 5) is 15.3. The Morgan fingerprint density at radius 1 is 0.857 bits per heavy atom. The van der Waals surface area contributed by atoms with Crippen molar-refractivity contribution in [3.8, 4) is 5.75 Å². The third-order valence-corrected chi connectivity index (χ3v) is 7.63. The average molecular weight is 472 g/mol. The molecule has 3 aromatic carbocycles. The highest BCUT2D eigenvalue weighted by molar-refractivity contribution is 5.87. The number of hydrogen-bond acceptors (Lipinski definition) is 3. The lowest BCUT2D eigenvalue weighted by Gasteiger charge is -2.52. The first-order valence-corrected chi connectivity index (χ1v) is 12.8. The van der Waals surface area contributed by atoms with Crippen molar-refractivity contribution in [2.24, 2.45) is 5.92 Å². The van der Waals surface area contributed by atoms with Crippen molar-refractivity contribution in [2.75, 3.05) is 44.2 Å². The van der Waals surface area contributed by atoms with Crippen LogP contribution in [0.4, 0.5) is 10.5 Å². The minimum atomic E-state index is -0.232. The Kier molecular flexibility index (Phi) is 7.34. The number of hydrogen-bond donors (Lipinski definition) is 0. The molecular formula is C30H35N2O3+. The Morgan fingerprint density at radius 3 is 2.17 bits per heavy atom. The number of carbonyl (C=O) groups excluding carboxylic acids is 1. The summed E-state index contributed by atoms with van der Waals surface area (Å²) in [7, 11) is 0. The minimum Gasteiger partial charge on any atom is -0.488 e. The SMILES string of the molecule is O=C(O[C@H]1C[N+]2(CCOc3ccccc3)CCC1CC2)N(CCc1ccccc1)c1ccccc1. The number of amides is 1. The Balaban J connectivity index is 1.22. The van der Waals surface area contributed by atoms with Crippen molar-refractivity contribution in [1.82, 2.24) is 0 Å². The second kappa shape index (κ2) is 11.0. The molecule has 3 heterocycles. The lowest BCUT2D eigenvalue weighted by molar-refractivity contribution is -0.946. The third kappa shape index (κ3) is 5.85. The molecule has 3 fully saturated rings. The molecule has 0 aliphatic carbocycles. The van der Waals surface area contributed by atoms with Crippen LogP contribution in [-0.2, 0) is 11.2 Å². The topological polar surface area (TPSA) is 38.8 Å². The Bertz CT molecular complexity index is 1070. The first-order valence-electron chi connectivity index (χ1n) is 12.8. The van der Waals surface area contributed by atoms with Crippen LogP contribution in [0.1, 0.15) is 18.4 Å². The molecule has 0 N–H and O–H groups in total. The van der Waals surface area contributed by atoms with E-state index in [-0.39, 0.29) is 12.2 Å². The zero-order valence-electron chi connectivity index (χ0n) is 20.3. The van der Waals surface area contributed by atoms with Gasteiger partial charge in [0.15, 0.2) is 6.10 Å². The summed E-state index contributed by atoms with van der Waals surface area (Å²) in [5, 5.41) is 0. The van der Waals surface area contributed by atoms with Crippen LogP contribution in [0.2, 0.25) is 0 Å². The van der Waals surface area contributed by atoms with Crippen molar-refractivity contribution in [3.05, 3.63) is 96.6 Å². The number of benzene rings is 3. The number of nitrogens with zero attached hydrogens (tertiary/aromatic N) is 2. The molecule has 3 aliphatic heterocycles. The quantitative estimate of drug-likeness (QED) is 0.384. The van der Waals surface area contributed by atoms with Crippen molar-refractivity contribution in [1.29, 1.82) is 0 Å². The van der Waals surface area contributed by atoms with Crippen LogP contribution in [-0.4, -0.2) is 56.0 Å². The molecule has 5 heteroatoms. The largest absolute Gasteiger partial charge is 0.488 e. The van der Waals surface area contributed by atoms with Crippen molar-refractivity contribution < 1.29 is 18.8 Å². The second-order valence-corrected chi connectivity index (χ2v) is 9.84. The van der Waals surface area contributed by atoms with Crippen LogP contribution >= 0.6 is 0 Å². The maximum atomic E-state index is 13.5. The van der Waals surface area contributed by atoms with Gasteiger partial charge < -0.3 is 14.0 Å². The summed E-state index contributed by atoms with van der Waals surface area (Å²) in [5.41, 5.74) is 2.10. The molecule has 3 aromatic rings. The van der Waals surface area contributed by atoms with Gasteiger partial charge in [-0.1, -0.05) is 66.7 Å². The van der Waals surface area contributed by atoms with Gasteiger partial charge in [-0.2, -0.15) is 0 Å². The maximum absolute atomic E-state index is 13.5. The number of fused-ring (bicyclic) bond motifs is 3. The van der Waals surface area contributed by atoms with Crippen molar-refractivity contribution in [2.45, 2.75) is 25.4 Å². The average Bonchev–Trinajstić information content (AvgIpc) is 2.91. The van der Waals surface area contributed by atoms with Crippen molar-refractivity contribution >= 4 is 11.8 Å². The molecule has 35 heavy (non-hydrogen) atoms. The fraction of sp³-hybridized carbons (Fsp3) is 0.367. The normalized spacial score (nSPS) is 23.0.